The number of carboxylic acids is 1. The van der Waals surface area contributed by atoms with Crippen molar-refractivity contribution in [2.24, 2.45) is 16.9 Å². The number of nitrogens with zero attached hydrogens (tertiary/aromatic N) is 3. The molecule has 0 aromatic heterocycles. The molecule has 2 fully saturated rings. The zero-order valence-corrected chi connectivity index (χ0v) is 24.1. The van der Waals surface area contributed by atoms with Crippen LogP contribution in [0.1, 0.15) is 64.9 Å². The molecule has 1 aromatic rings. The van der Waals surface area contributed by atoms with Gasteiger partial charge in [0, 0.05) is 37.0 Å². The third kappa shape index (κ3) is 6.86. The van der Waals surface area contributed by atoms with Gasteiger partial charge >= 0.3 is 12.1 Å². The van der Waals surface area contributed by atoms with E-state index in [1.54, 1.807) is 40.0 Å². The average Bonchev–Trinajstić information content (AvgIpc) is 2.92. The van der Waals surface area contributed by atoms with Gasteiger partial charge in [-0.05, 0) is 64.7 Å². The molecule has 2 aliphatic heterocycles. The summed E-state index contributed by atoms with van der Waals surface area (Å²) >= 11 is 0. The molecule has 2 amide bonds. The van der Waals surface area contributed by atoms with Gasteiger partial charge in [0.15, 0.2) is 11.5 Å². The van der Waals surface area contributed by atoms with E-state index in [1.807, 2.05) is 23.1 Å². The summed E-state index contributed by atoms with van der Waals surface area (Å²) in [6.07, 6.45) is 4.43. The molecule has 11 heteroatoms. The average molecular weight is 559 g/mol. The quantitative estimate of drug-likeness (QED) is 0.496. The molecule has 0 spiro atoms. The Labute approximate surface area is 235 Å². The maximum absolute atomic E-state index is 13.7. The van der Waals surface area contributed by atoms with Gasteiger partial charge in [-0.25, -0.2) is 14.6 Å². The monoisotopic (exact) mass is 558 g/mol. The largest absolute Gasteiger partial charge is 0.493 e. The first-order valence-corrected chi connectivity index (χ1v) is 14.1. The predicted molar refractivity (Wildman–Crippen MR) is 149 cm³/mol. The number of fused-ring (bicyclic) bond motifs is 1. The second kappa shape index (κ2) is 12.4. The van der Waals surface area contributed by atoms with E-state index in [0.717, 1.165) is 37.0 Å². The molecule has 0 unspecified atom stereocenters. The van der Waals surface area contributed by atoms with Crippen molar-refractivity contribution >= 4 is 23.7 Å². The highest BCUT2D eigenvalue weighted by Gasteiger charge is 2.44. The lowest BCUT2D eigenvalue weighted by molar-refractivity contribution is -0.142. The van der Waals surface area contributed by atoms with Crippen molar-refractivity contribution in [3.8, 4) is 11.5 Å². The van der Waals surface area contributed by atoms with E-state index >= 15 is 0 Å². The molecule has 1 aromatic carbocycles. The Bertz CT molecular complexity index is 1120. The number of hydrogen-bond donors (Lipinski definition) is 2. The summed E-state index contributed by atoms with van der Waals surface area (Å²) in [5.41, 5.74) is 1.13. The van der Waals surface area contributed by atoms with Gasteiger partial charge in [-0.1, -0.05) is 12.8 Å². The minimum Gasteiger partial charge on any atom is -0.493 e. The van der Waals surface area contributed by atoms with Gasteiger partial charge in [0.2, 0.25) is 5.91 Å². The summed E-state index contributed by atoms with van der Waals surface area (Å²) in [6, 6.07) is 4.61. The number of methoxy groups -OCH3 is 2. The molecule has 1 saturated heterocycles. The van der Waals surface area contributed by atoms with Crippen LogP contribution < -0.4 is 14.8 Å². The molecule has 1 saturated carbocycles. The minimum atomic E-state index is -1.12. The van der Waals surface area contributed by atoms with Gasteiger partial charge in [-0.3, -0.25) is 4.79 Å². The smallest absolute Gasteiger partial charge is 0.408 e. The van der Waals surface area contributed by atoms with Gasteiger partial charge < -0.3 is 29.5 Å². The third-order valence-corrected chi connectivity index (χ3v) is 7.89. The summed E-state index contributed by atoms with van der Waals surface area (Å²) in [7, 11) is 3.21. The fraction of sp³-hybridized carbons (Fsp3) is 0.655. The highest BCUT2D eigenvalue weighted by atomic mass is 16.6. The zero-order valence-electron chi connectivity index (χ0n) is 24.1. The van der Waals surface area contributed by atoms with E-state index in [-0.39, 0.29) is 30.3 Å². The number of piperidine rings is 1. The van der Waals surface area contributed by atoms with E-state index < -0.39 is 23.7 Å². The third-order valence-electron chi connectivity index (χ3n) is 7.89. The lowest BCUT2D eigenvalue weighted by Gasteiger charge is -2.43. The molecule has 40 heavy (non-hydrogen) atoms. The van der Waals surface area contributed by atoms with Crippen LogP contribution in [0.2, 0.25) is 0 Å². The first kappa shape index (κ1) is 29.6. The summed E-state index contributed by atoms with van der Waals surface area (Å²) in [5, 5.41) is 18.8. The molecule has 0 bridgehead atoms. The number of hydrogen-bond acceptors (Lipinski definition) is 8. The van der Waals surface area contributed by atoms with Crippen molar-refractivity contribution in [1.29, 1.82) is 0 Å². The second-order valence-corrected chi connectivity index (χ2v) is 11.8. The number of rotatable bonds is 8. The van der Waals surface area contributed by atoms with E-state index in [2.05, 4.69) is 5.32 Å². The lowest BCUT2D eigenvalue weighted by Crippen LogP contribution is -2.55. The number of aliphatic carboxylic acids is 1. The van der Waals surface area contributed by atoms with Crippen LogP contribution in [0, 0.1) is 11.8 Å². The fourth-order valence-electron chi connectivity index (χ4n) is 5.93. The van der Waals surface area contributed by atoms with Crippen LogP contribution >= 0.6 is 0 Å². The van der Waals surface area contributed by atoms with Crippen molar-refractivity contribution in [1.82, 2.24) is 15.2 Å². The molecule has 4 rings (SSSR count). The van der Waals surface area contributed by atoms with Crippen LogP contribution in [-0.4, -0.2) is 90.2 Å². The zero-order chi connectivity index (χ0) is 29.0. The Hall–Kier alpha value is -3.34. The minimum absolute atomic E-state index is 0.0749. The molecular formula is C29H42N4O7. The van der Waals surface area contributed by atoms with Crippen molar-refractivity contribution in [2.45, 2.75) is 77.0 Å². The molecule has 2 N–H and O–H groups in total. The normalized spacial score (nSPS) is 23.1. The van der Waals surface area contributed by atoms with Crippen molar-refractivity contribution in [2.75, 3.05) is 33.9 Å². The van der Waals surface area contributed by atoms with Gasteiger partial charge in [0.1, 0.15) is 11.6 Å². The van der Waals surface area contributed by atoms with E-state index in [4.69, 9.17) is 19.3 Å². The van der Waals surface area contributed by atoms with Gasteiger partial charge in [0.05, 0.1) is 26.0 Å². The Kier molecular flexibility index (Phi) is 9.22. The topological polar surface area (TPSA) is 130 Å². The maximum Gasteiger partial charge on any atom is 0.408 e. The summed E-state index contributed by atoms with van der Waals surface area (Å²) < 4.78 is 16.2. The van der Waals surface area contributed by atoms with Gasteiger partial charge in [-0.15, -0.1) is 0 Å². The Balaban J connectivity index is 1.48. The predicted octanol–water partition coefficient (Wildman–Crippen LogP) is 3.50. The van der Waals surface area contributed by atoms with Crippen molar-refractivity contribution in [3.05, 3.63) is 23.8 Å². The molecular weight excluding hydrogens is 516 g/mol. The molecule has 0 radical (unpaired) electrons. The first-order valence-electron chi connectivity index (χ1n) is 14.1. The van der Waals surface area contributed by atoms with Crippen LogP contribution in [0.4, 0.5) is 4.79 Å². The van der Waals surface area contributed by atoms with Gasteiger partial charge in [-0.2, -0.15) is 5.10 Å². The SMILES string of the molecule is COc1ccc(C2=NN(C3CCN(C[C@H](NC(=O)OC(C)(C)C)C(=O)O)CC3)C(=O)[C@@H]3CCCC[C@H]23)cc1OC. The Morgan fingerprint density at radius 3 is 2.30 bits per heavy atom. The number of likely N-dealkylation sites (tertiary alicyclic amines) is 1. The van der Waals surface area contributed by atoms with Crippen LogP contribution in [0.15, 0.2) is 23.3 Å². The van der Waals surface area contributed by atoms with Crippen LogP contribution in [0.25, 0.3) is 0 Å². The lowest BCUT2D eigenvalue weighted by atomic mass is 9.73. The number of carbonyl (C=O) groups excluding carboxylic acids is 2. The molecule has 1 aliphatic carbocycles. The second-order valence-electron chi connectivity index (χ2n) is 11.8. The molecule has 220 valence electrons. The van der Waals surface area contributed by atoms with E-state index in [0.29, 0.717) is 37.4 Å². The number of hydrazone groups is 1. The number of alkyl carbamates (subject to hydrolysis) is 1. The highest BCUT2D eigenvalue weighted by Crippen LogP contribution is 2.40. The number of benzene rings is 1. The summed E-state index contributed by atoms with van der Waals surface area (Å²) in [4.78, 5) is 39.7. The first-order chi connectivity index (χ1) is 19.0. The number of nitrogens with one attached hydrogen (secondary N) is 1. The Morgan fingerprint density at radius 2 is 1.70 bits per heavy atom. The standard InChI is InChI=1S/C29H42N4O7/c1-29(2,3)40-28(37)30-22(27(35)36)17-32-14-12-19(13-15-32)33-26(34)21-9-7-6-8-20(21)25(31-33)18-10-11-23(38-4)24(16-18)39-5/h10-11,16,19-22H,6-9,12-15,17H2,1-5H3,(H,30,37)(H,35,36)/t20-,21+,22-/m0/s1. The molecule has 3 aliphatic rings. The molecule has 2 heterocycles. The molecule has 11 nitrogen and oxygen atoms in total. The highest BCUT2D eigenvalue weighted by molar-refractivity contribution is 6.07. The fourth-order valence-corrected chi connectivity index (χ4v) is 5.93. The van der Waals surface area contributed by atoms with Crippen molar-refractivity contribution < 1.29 is 33.7 Å². The van der Waals surface area contributed by atoms with Crippen molar-refractivity contribution in [3.63, 3.8) is 0 Å². The number of amides is 2. The Morgan fingerprint density at radius 1 is 1.05 bits per heavy atom. The van der Waals surface area contributed by atoms with Crippen LogP contribution in [0.5, 0.6) is 11.5 Å². The van der Waals surface area contributed by atoms with E-state index in [9.17, 15) is 19.5 Å². The van der Waals surface area contributed by atoms with Gasteiger partial charge in [0.25, 0.3) is 0 Å². The molecule has 3 atom stereocenters. The number of carbonyl (C=O) groups is 3. The number of carboxylic acid groups (broad SMARTS) is 1. The summed E-state index contributed by atoms with van der Waals surface area (Å²) in [6.45, 7) is 6.50. The number of ether oxygens (including phenoxy) is 3. The maximum atomic E-state index is 13.7. The summed E-state index contributed by atoms with van der Waals surface area (Å²) in [5.74, 6) is 0.214. The van der Waals surface area contributed by atoms with Crippen LogP contribution in [0.3, 0.4) is 0 Å². The van der Waals surface area contributed by atoms with Crippen LogP contribution in [-0.2, 0) is 14.3 Å². The van der Waals surface area contributed by atoms with E-state index in [1.165, 1.54) is 0 Å².